The zero-order chi connectivity index (χ0) is 50.8. The fraction of sp³-hybridized carbons (Fsp3) is 0.174. The van der Waals surface area contributed by atoms with Crippen molar-refractivity contribution in [3.8, 4) is 11.4 Å². The molecule has 12 rings (SSSR count). The van der Waals surface area contributed by atoms with E-state index in [2.05, 4.69) is 298 Å². The number of rotatable bonds is 12. The summed E-state index contributed by atoms with van der Waals surface area (Å²) in [5.74, 6) is 1.32. The third-order valence-electron chi connectivity index (χ3n) is 15.2. The molecule has 0 bridgehead atoms. The highest BCUT2D eigenvalue weighted by atomic mass is 15.4. The fourth-order valence-corrected chi connectivity index (χ4v) is 11.7. The highest BCUT2D eigenvalue weighted by molar-refractivity contribution is 6.12. The Morgan fingerprint density at radius 2 is 0.662 bits per heavy atom. The van der Waals surface area contributed by atoms with Crippen LogP contribution in [-0.4, -0.2) is 9.13 Å². The van der Waals surface area contributed by atoms with Crippen LogP contribution < -0.4 is 14.7 Å². The van der Waals surface area contributed by atoms with E-state index in [9.17, 15) is 0 Å². The summed E-state index contributed by atoms with van der Waals surface area (Å²) in [6.07, 6.45) is 5.76. The third-order valence-corrected chi connectivity index (χ3v) is 15.2. The molecule has 0 spiro atoms. The lowest BCUT2D eigenvalue weighted by Crippen LogP contribution is -2.34. The van der Waals surface area contributed by atoms with Gasteiger partial charge >= 0.3 is 0 Å². The molecule has 1 aliphatic rings. The van der Waals surface area contributed by atoms with Gasteiger partial charge in [-0.15, -0.1) is 0 Å². The van der Waals surface area contributed by atoms with Gasteiger partial charge in [-0.05, 0) is 131 Å². The lowest BCUT2D eigenvalue weighted by atomic mass is 9.90. The van der Waals surface area contributed by atoms with Crippen LogP contribution in [0.2, 0.25) is 0 Å². The van der Waals surface area contributed by atoms with Gasteiger partial charge in [0.05, 0.1) is 33.4 Å². The predicted molar refractivity (Wildman–Crippen MR) is 315 cm³/mol. The van der Waals surface area contributed by atoms with E-state index in [1.807, 2.05) is 0 Å². The Labute approximate surface area is 436 Å². The van der Waals surface area contributed by atoms with Gasteiger partial charge in [-0.2, -0.15) is 0 Å². The maximum absolute atomic E-state index is 2.49. The smallest absolute Gasteiger partial charge is 0.195 e. The second kappa shape index (κ2) is 19.0. The van der Waals surface area contributed by atoms with Crippen molar-refractivity contribution in [2.24, 2.45) is 0 Å². The molecule has 74 heavy (non-hydrogen) atoms. The van der Waals surface area contributed by atoms with E-state index < -0.39 is 0 Å². The summed E-state index contributed by atoms with van der Waals surface area (Å²) in [5.41, 5.74) is 19.3. The minimum absolute atomic E-state index is 0.329. The Bertz CT molecular complexity index is 3590. The average Bonchev–Trinajstić information content (AvgIpc) is 4.11. The van der Waals surface area contributed by atoms with Gasteiger partial charge in [0.2, 0.25) is 0 Å². The molecule has 365 valence electrons. The molecule has 5 nitrogen and oxygen atoms in total. The normalized spacial score (nSPS) is 13.2. The minimum Gasteiger partial charge on any atom is -0.314 e. The SMILES string of the molecule is CC(C)c1cccc(C(C)C)c1N1C=CN(c2c(C(C)C)cccc2C(C)C)[C]1c1ccc(N(c2ccc3c(c2)c2ccccc2n3-c2ccccc2)c2ccc3c(c2)c2ccccc2n3-c2ccccc2)cc1. The third kappa shape index (κ3) is 7.85. The molecule has 0 amide bonds. The molecule has 1 radical (unpaired) electrons. The lowest BCUT2D eigenvalue weighted by Gasteiger charge is -2.37. The van der Waals surface area contributed by atoms with Crippen LogP contribution in [0.15, 0.2) is 219 Å². The summed E-state index contributed by atoms with van der Waals surface area (Å²) in [4.78, 5) is 7.44. The van der Waals surface area contributed by atoms with Crippen LogP contribution in [0.25, 0.3) is 55.0 Å². The zero-order valence-electron chi connectivity index (χ0n) is 43.8. The van der Waals surface area contributed by atoms with Crippen LogP contribution in [0.5, 0.6) is 0 Å². The number of anilines is 5. The van der Waals surface area contributed by atoms with E-state index in [0.717, 1.165) is 40.2 Å². The summed E-state index contributed by atoms with van der Waals surface area (Å²) >= 11 is 0. The second-order valence-electron chi connectivity index (χ2n) is 21.2. The standard InChI is InChI=1S/C69H64N5/c1-45(2)55-27-19-28-56(46(3)4)67(55)70-41-42-71(68-57(47(5)6)29-20-30-58(68)48(7)8)69(70)49-33-35-52(36-34-49)72(53-37-39-65-61(43-53)59-25-15-17-31-63(59)73(65)50-21-11-9-12-22-50)54-38-40-66-62(44-54)60-26-16-18-32-64(60)74(66)51-23-13-10-14-24-51/h9-48H,1-8H3. The molecular weight excluding hydrogens is 899 g/mol. The molecule has 3 heterocycles. The second-order valence-corrected chi connectivity index (χ2v) is 21.2. The lowest BCUT2D eigenvalue weighted by molar-refractivity contribution is 0.804. The first-order chi connectivity index (χ1) is 36.1. The van der Waals surface area contributed by atoms with Gasteiger partial charge in [0, 0.05) is 67.9 Å². The molecule has 0 N–H and O–H groups in total. The Hall–Kier alpha value is -8.28. The number of nitrogens with zero attached hydrogens (tertiary/aromatic N) is 5. The highest BCUT2D eigenvalue weighted by Crippen LogP contribution is 2.49. The predicted octanol–water partition coefficient (Wildman–Crippen LogP) is 19.2. The first kappa shape index (κ1) is 46.8. The van der Waals surface area contributed by atoms with Crippen LogP contribution >= 0.6 is 0 Å². The van der Waals surface area contributed by atoms with Gasteiger partial charge in [-0.1, -0.05) is 177 Å². The van der Waals surface area contributed by atoms with E-state index in [1.54, 1.807) is 0 Å². The molecule has 0 fully saturated rings. The molecule has 5 heteroatoms. The van der Waals surface area contributed by atoms with Crippen molar-refractivity contribution in [1.82, 2.24) is 9.13 Å². The van der Waals surface area contributed by atoms with Crippen molar-refractivity contribution >= 4 is 72.0 Å². The van der Waals surface area contributed by atoms with Crippen molar-refractivity contribution in [2.45, 2.75) is 79.1 Å². The number of benzene rings is 9. The summed E-state index contributed by atoms with van der Waals surface area (Å²) in [5, 5.41) is 4.86. The minimum atomic E-state index is 0.329. The number of para-hydroxylation sites is 6. The van der Waals surface area contributed by atoms with Crippen molar-refractivity contribution in [2.75, 3.05) is 14.7 Å². The number of hydrogen-bond acceptors (Lipinski definition) is 3. The van der Waals surface area contributed by atoms with Crippen molar-refractivity contribution in [1.29, 1.82) is 0 Å². The van der Waals surface area contributed by atoms with Crippen LogP contribution in [-0.2, 0) is 0 Å². The van der Waals surface area contributed by atoms with Crippen LogP contribution in [0.1, 0.15) is 107 Å². The van der Waals surface area contributed by atoms with Crippen molar-refractivity contribution in [3.05, 3.63) is 253 Å². The average molecular weight is 963 g/mol. The van der Waals surface area contributed by atoms with Gasteiger partial charge in [-0.3, -0.25) is 0 Å². The molecule has 11 aromatic rings. The summed E-state index contributed by atoms with van der Waals surface area (Å²) in [6.45, 7) is 18.6. The molecule has 9 aromatic carbocycles. The molecule has 0 saturated heterocycles. The maximum Gasteiger partial charge on any atom is 0.195 e. The highest BCUT2D eigenvalue weighted by Gasteiger charge is 2.37. The molecule has 1 aliphatic heterocycles. The Kier molecular flexibility index (Phi) is 12.0. The van der Waals surface area contributed by atoms with E-state index >= 15 is 0 Å². The monoisotopic (exact) mass is 963 g/mol. The van der Waals surface area contributed by atoms with Crippen LogP contribution in [0.3, 0.4) is 0 Å². The summed E-state index contributed by atoms with van der Waals surface area (Å²) in [7, 11) is 0. The van der Waals surface area contributed by atoms with Crippen molar-refractivity contribution < 1.29 is 0 Å². The topological polar surface area (TPSA) is 19.6 Å². The van der Waals surface area contributed by atoms with Gasteiger partial charge in [0.1, 0.15) is 0 Å². The number of hydrogen-bond donors (Lipinski definition) is 0. The van der Waals surface area contributed by atoms with Crippen LogP contribution in [0, 0.1) is 6.17 Å². The fourth-order valence-electron chi connectivity index (χ4n) is 11.7. The van der Waals surface area contributed by atoms with Crippen LogP contribution in [0.4, 0.5) is 28.4 Å². The van der Waals surface area contributed by atoms with Gasteiger partial charge in [0.15, 0.2) is 6.17 Å². The molecule has 2 aromatic heterocycles. The molecule has 0 saturated carbocycles. The summed E-state index contributed by atoms with van der Waals surface area (Å²) < 4.78 is 4.79. The first-order valence-electron chi connectivity index (χ1n) is 26.5. The van der Waals surface area contributed by atoms with E-state index in [0.29, 0.717) is 23.7 Å². The van der Waals surface area contributed by atoms with Crippen molar-refractivity contribution in [3.63, 3.8) is 0 Å². The first-order valence-corrected chi connectivity index (χ1v) is 26.5. The zero-order valence-corrected chi connectivity index (χ0v) is 43.8. The van der Waals surface area contributed by atoms with E-state index in [1.165, 1.54) is 77.2 Å². The number of fused-ring (bicyclic) bond motifs is 6. The van der Waals surface area contributed by atoms with Gasteiger partial charge in [-0.25, -0.2) is 0 Å². The Morgan fingerprint density at radius 3 is 1.05 bits per heavy atom. The van der Waals surface area contributed by atoms with Gasteiger partial charge < -0.3 is 23.8 Å². The molecule has 0 aliphatic carbocycles. The van der Waals surface area contributed by atoms with E-state index in [-0.39, 0.29) is 0 Å². The molecule has 0 unspecified atom stereocenters. The summed E-state index contributed by atoms with van der Waals surface area (Å²) in [6, 6.07) is 76.3. The Balaban J connectivity index is 1.07. The largest absolute Gasteiger partial charge is 0.314 e. The number of aromatic nitrogens is 2. The van der Waals surface area contributed by atoms with Gasteiger partial charge in [0.25, 0.3) is 0 Å². The quantitative estimate of drug-likeness (QED) is 0.122. The Morgan fingerprint density at radius 1 is 0.311 bits per heavy atom. The molecule has 0 atom stereocenters. The maximum atomic E-state index is 2.49. The molecular formula is C69H64N5. The van der Waals surface area contributed by atoms with E-state index in [4.69, 9.17) is 0 Å².